The highest BCUT2D eigenvalue weighted by molar-refractivity contribution is 5.79. The van der Waals surface area contributed by atoms with Gasteiger partial charge in [0.2, 0.25) is 5.91 Å². The average Bonchev–Trinajstić information content (AvgIpc) is 2.46. The van der Waals surface area contributed by atoms with Crippen LogP contribution in [0, 0.1) is 5.92 Å². The summed E-state index contributed by atoms with van der Waals surface area (Å²) in [5.41, 5.74) is -0.479. The zero-order chi connectivity index (χ0) is 16.2. The third-order valence-corrected chi connectivity index (χ3v) is 4.12. The Morgan fingerprint density at radius 1 is 1.09 bits per heavy atom. The highest BCUT2D eigenvalue weighted by Crippen LogP contribution is 2.26. The Morgan fingerprint density at radius 2 is 1.68 bits per heavy atom. The van der Waals surface area contributed by atoms with Crippen LogP contribution in [0.4, 0.5) is 4.79 Å². The predicted octanol–water partition coefficient (Wildman–Crippen LogP) is 1.93. The van der Waals surface area contributed by atoms with Crippen LogP contribution in [0.1, 0.15) is 46.5 Å². The van der Waals surface area contributed by atoms with E-state index < -0.39 is 5.60 Å². The van der Waals surface area contributed by atoms with E-state index >= 15 is 0 Å². The van der Waals surface area contributed by atoms with Gasteiger partial charge in [0.15, 0.2) is 0 Å². The molecule has 2 aliphatic rings. The fourth-order valence-corrected chi connectivity index (χ4v) is 3.00. The van der Waals surface area contributed by atoms with E-state index in [0.717, 1.165) is 25.7 Å². The Kier molecular flexibility index (Phi) is 5.67. The lowest BCUT2D eigenvalue weighted by molar-refractivity contribution is -0.140. The van der Waals surface area contributed by atoms with Crippen molar-refractivity contribution in [1.82, 2.24) is 10.2 Å². The lowest BCUT2D eigenvalue weighted by Crippen LogP contribution is -2.46. The number of nitrogens with one attached hydrogen (secondary N) is 1. The van der Waals surface area contributed by atoms with Crippen molar-refractivity contribution in [2.75, 3.05) is 26.3 Å². The van der Waals surface area contributed by atoms with Crippen molar-refractivity contribution in [3.05, 3.63) is 0 Å². The molecule has 0 radical (unpaired) electrons. The maximum absolute atomic E-state index is 12.4. The molecule has 0 aromatic rings. The van der Waals surface area contributed by atoms with Crippen LogP contribution in [0.3, 0.4) is 0 Å². The van der Waals surface area contributed by atoms with Gasteiger partial charge in [0, 0.05) is 25.0 Å². The first kappa shape index (κ1) is 17.1. The molecule has 0 atom stereocenters. The molecule has 0 aromatic carbocycles. The van der Waals surface area contributed by atoms with E-state index in [-0.39, 0.29) is 24.0 Å². The number of nitrogens with zero attached hydrogens (tertiary/aromatic N) is 1. The molecule has 126 valence electrons. The van der Waals surface area contributed by atoms with Crippen LogP contribution >= 0.6 is 0 Å². The molecule has 1 saturated heterocycles. The number of morpholine rings is 1. The Hall–Kier alpha value is -1.30. The Morgan fingerprint density at radius 3 is 2.23 bits per heavy atom. The number of ether oxygens (including phenoxy) is 2. The second-order valence-electron chi connectivity index (χ2n) is 7.13. The minimum atomic E-state index is -0.479. The summed E-state index contributed by atoms with van der Waals surface area (Å²) < 4.78 is 10.6. The van der Waals surface area contributed by atoms with E-state index in [0.29, 0.717) is 26.3 Å². The van der Waals surface area contributed by atoms with Gasteiger partial charge in [-0.05, 0) is 46.5 Å². The number of amides is 2. The minimum Gasteiger partial charge on any atom is -0.444 e. The van der Waals surface area contributed by atoms with Crippen molar-refractivity contribution in [2.45, 2.75) is 58.1 Å². The second-order valence-corrected chi connectivity index (χ2v) is 7.13. The van der Waals surface area contributed by atoms with Gasteiger partial charge in [-0.15, -0.1) is 0 Å². The van der Waals surface area contributed by atoms with Crippen LogP contribution in [-0.4, -0.2) is 54.8 Å². The first-order chi connectivity index (χ1) is 10.3. The zero-order valence-corrected chi connectivity index (χ0v) is 13.9. The monoisotopic (exact) mass is 312 g/mol. The number of alkyl carbamates (subject to hydrolysis) is 1. The van der Waals surface area contributed by atoms with Gasteiger partial charge in [-0.1, -0.05) is 0 Å². The summed E-state index contributed by atoms with van der Waals surface area (Å²) in [4.78, 5) is 26.1. The number of carbonyl (C=O) groups is 2. The maximum Gasteiger partial charge on any atom is 0.407 e. The van der Waals surface area contributed by atoms with Crippen molar-refractivity contribution in [2.24, 2.45) is 5.92 Å². The molecule has 2 fully saturated rings. The van der Waals surface area contributed by atoms with Crippen LogP contribution in [0.25, 0.3) is 0 Å². The molecule has 6 nitrogen and oxygen atoms in total. The number of carbonyl (C=O) groups excluding carboxylic acids is 2. The lowest BCUT2D eigenvalue weighted by atomic mass is 9.85. The molecule has 0 unspecified atom stereocenters. The van der Waals surface area contributed by atoms with Gasteiger partial charge >= 0.3 is 6.09 Å². The molecule has 1 heterocycles. The molecule has 0 spiro atoms. The molecular formula is C16H28N2O4. The molecule has 0 bridgehead atoms. The maximum atomic E-state index is 12.4. The predicted molar refractivity (Wildman–Crippen MR) is 82.5 cm³/mol. The summed E-state index contributed by atoms with van der Waals surface area (Å²) in [6.45, 7) is 8.24. The van der Waals surface area contributed by atoms with Crippen LogP contribution in [0.5, 0.6) is 0 Å². The zero-order valence-electron chi connectivity index (χ0n) is 13.9. The Bertz CT molecular complexity index is 391. The highest BCUT2D eigenvalue weighted by Gasteiger charge is 2.31. The summed E-state index contributed by atoms with van der Waals surface area (Å²) in [7, 11) is 0. The van der Waals surface area contributed by atoms with E-state index in [1.807, 2.05) is 25.7 Å². The third kappa shape index (κ3) is 5.16. The summed E-state index contributed by atoms with van der Waals surface area (Å²) in [6, 6.07) is 0.114. The first-order valence-electron chi connectivity index (χ1n) is 8.21. The number of hydrogen-bond donors (Lipinski definition) is 1. The molecular weight excluding hydrogens is 284 g/mol. The van der Waals surface area contributed by atoms with Gasteiger partial charge in [0.1, 0.15) is 5.60 Å². The molecule has 1 aliphatic heterocycles. The van der Waals surface area contributed by atoms with E-state index in [1.54, 1.807) is 0 Å². The topological polar surface area (TPSA) is 67.9 Å². The van der Waals surface area contributed by atoms with Crippen molar-refractivity contribution in [1.29, 1.82) is 0 Å². The van der Waals surface area contributed by atoms with Gasteiger partial charge in [-0.3, -0.25) is 4.79 Å². The van der Waals surface area contributed by atoms with E-state index in [1.165, 1.54) is 0 Å². The summed E-state index contributed by atoms with van der Waals surface area (Å²) in [5, 5.41) is 2.91. The fraction of sp³-hybridized carbons (Fsp3) is 0.875. The van der Waals surface area contributed by atoms with Gasteiger partial charge in [0.25, 0.3) is 0 Å². The molecule has 2 amide bonds. The Labute approximate surface area is 132 Å². The lowest BCUT2D eigenvalue weighted by Gasteiger charge is -2.34. The fourth-order valence-electron chi connectivity index (χ4n) is 3.00. The van der Waals surface area contributed by atoms with Crippen molar-refractivity contribution < 1.29 is 19.1 Å². The normalized spacial score (nSPS) is 26.4. The first-order valence-corrected chi connectivity index (χ1v) is 8.21. The summed E-state index contributed by atoms with van der Waals surface area (Å²) in [5.74, 6) is 0.341. The van der Waals surface area contributed by atoms with Crippen molar-refractivity contribution in [3.8, 4) is 0 Å². The van der Waals surface area contributed by atoms with Gasteiger partial charge in [-0.25, -0.2) is 4.79 Å². The van der Waals surface area contributed by atoms with Crippen molar-refractivity contribution >= 4 is 12.0 Å². The molecule has 1 N–H and O–H groups in total. The molecule has 1 aliphatic carbocycles. The molecule has 22 heavy (non-hydrogen) atoms. The van der Waals surface area contributed by atoms with Gasteiger partial charge in [-0.2, -0.15) is 0 Å². The quantitative estimate of drug-likeness (QED) is 0.846. The smallest absolute Gasteiger partial charge is 0.407 e. The van der Waals surface area contributed by atoms with Gasteiger partial charge in [0.05, 0.1) is 13.2 Å². The second kappa shape index (κ2) is 7.31. The van der Waals surface area contributed by atoms with Crippen LogP contribution in [0.2, 0.25) is 0 Å². The summed E-state index contributed by atoms with van der Waals surface area (Å²) >= 11 is 0. The SMILES string of the molecule is CC(C)(C)OC(=O)N[C@H]1CC[C@H](C(=O)N2CCOCC2)CC1. The minimum absolute atomic E-state index is 0.0924. The van der Waals surface area contributed by atoms with Crippen LogP contribution < -0.4 is 5.32 Å². The number of rotatable bonds is 2. The van der Waals surface area contributed by atoms with Crippen LogP contribution in [-0.2, 0) is 14.3 Å². The van der Waals surface area contributed by atoms with E-state index in [4.69, 9.17) is 9.47 Å². The van der Waals surface area contributed by atoms with Gasteiger partial charge < -0.3 is 19.7 Å². The standard InChI is InChI=1S/C16H28N2O4/c1-16(2,3)22-15(20)17-13-6-4-12(5-7-13)14(19)18-8-10-21-11-9-18/h12-13H,4-11H2,1-3H3,(H,17,20)/t12-,13-. The largest absolute Gasteiger partial charge is 0.444 e. The van der Waals surface area contributed by atoms with Crippen LogP contribution in [0.15, 0.2) is 0 Å². The molecule has 2 rings (SSSR count). The third-order valence-electron chi connectivity index (χ3n) is 4.12. The van der Waals surface area contributed by atoms with E-state index in [9.17, 15) is 9.59 Å². The van der Waals surface area contributed by atoms with Crippen molar-refractivity contribution in [3.63, 3.8) is 0 Å². The Balaban J connectivity index is 1.73. The van der Waals surface area contributed by atoms with E-state index in [2.05, 4.69) is 5.32 Å². The average molecular weight is 312 g/mol. The summed E-state index contributed by atoms with van der Waals surface area (Å²) in [6.07, 6.45) is 2.96. The molecule has 6 heteroatoms. The highest BCUT2D eigenvalue weighted by atomic mass is 16.6. The molecule has 0 aromatic heterocycles. The number of hydrogen-bond acceptors (Lipinski definition) is 4. The molecule has 1 saturated carbocycles.